The van der Waals surface area contributed by atoms with Crippen LogP contribution in [0.1, 0.15) is 48.0 Å². The van der Waals surface area contributed by atoms with Crippen molar-refractivity contribution in [2.24, 2.45) is 22.7 Å². The monoisotopic (exact) mass is 449 g/mol. The smallest absolute Gasteiger partial charge is 0.313 e. The molecule has 1 aliphatic rings. The van der Waals surface area contributed by atoms with Crippen LogP contribution in [0, 0.1) is 17.8 Å². The SMILES string of the molecule is CC(C)C(CC(C(C)C)(C(C)C)[SiH]1O[Si](C)(C)O[SiH2]O[Si](C)(C)O1)N=C=O. The summed E-state index contributed by atoms with van der Waals surface area (Å²) in [4.78, 5) is 15.2. The van der Waals surface area contributed by atoms with E-state index in [-0.39, 0.29) is 17.0 Å². The second-order valence-corrected chi connectivity index (χ2v) is 21.2. The summed E-state index contributed by atoms with van der Waals surface area (Å²) in [6.45, 7) is 21.5. The van der Waals surface area contributed by atoms with E-state index < -0.39 is 36.4 Å². The number of isocyanates is 1. The molecule has 1 aliphatic heterocycles. The fourth-order valence-corrected chi connectivity index (χ4v) is 16.6. The molecule has 0 aromatic carbocycles. The van der Waals surface area contributed by atoms with E-state index in [1.165, 1.54) is 0 Å². The molecule has 0 radical (unpaired) electrons. The second-order valence-electron chi connectivity index (χ2n) is 9.43. The van der Waals surface area contributed by atoms with Crippen LogP contribution in [0.25, 0.3) is 0 Å². The summed E-state index contributed by atoms with van der Waals surface area (Å²) in [5.74, 6) is 0.897. The molecule has 0 aromatic rings. The quantitative estimate of drug-likeness (QED) is 0.338. The fraction of sp³-hybridized carbons (Fsp3) is 0.941. The summed E-state index contributed by atoms with van der Waals surface area (Å²) in [5.41, 5.74) is 0. The highest BCUT2D eigenvalue weighted by Gasteiger charge is 2.54. The number of hydrogen-bond acceptors (Lipinski definition) is 6. The molecule has 0 aliphatic carbocycles. The zero-order valence-electron chi connectivity index (χ0n) is 18.8. The topological polar surface area (TPSA) is 66.3 Å². The van der Waals surface area contributed by atoms with Crippen LogP contribution >= 0.6 is 0 Å². The van der Waals surface area contributed by atoms with Crippen LogP contribution in [-0.2, 0) is 21.3 Å². The zero-order valence-corrected chi connectivity index (χ0v) is 23.4. The Labute approximate surface area is 171 Å². The van der Waals surface area contributed by atoms with Crippen molar-refractivity contribution in [1.82, 2.24) is 0 Å². The number of nitrogens with zero attached hydrogens (tertiary/aromatic N) is 1. The van der Waals surface area contributed by atoms with Crippen molar-refractivity contribution < 1.29 is 21.3 Å². The molecule has 10 heteroatoms. The Hall–Kier alpha value is 0.0875. The molecule has 0 amide bonds. The van der Waals surface area contributed by atoms with Gasteiger partial charge in [-0.2, -0.15) is 0 Å². The van der Waals surface area contributed by atoms with Gasteiger partial charge in [-0.05, 0) is 50.4 Å². The molecule has 0 aromatic heterocycles. The lowest BCUT2D eigenvalue weighted by Gasteiger charge is -2.51. The highest BCUT2D eigenvalue weighted by molar-refractivity contribution is 6.83. The van der Waals surface area contributed by atoms with E-state index in [2.05, 4.69) is 72.7 Å². The lowest BCUT2D eigenvalue weighted by atomic mass is 9.77. The van der Waals surface area contributed by atoms with E-state index in [4.69, 9.17) is 16.5 Å². The average Bonchev–Trinajstić information content (AvgIpc) is 2.47. The molecule has 0 saturated carbocycles. The maximum absolute atomic E-state index is 11.1. The van der Waals surface area contributed by atoms with Gasteiger partial charge in [0.15, 0.2) is 0 Å². The third-order valence-corrected chi connectivity index (χ3v) is 20.9. The van der Waals surface area contributed by atoms with E-state index in [9.17, 15) is 4.79 Å². The second kappa shape index (κ2) is 9.73. The van der Waals surface area contributed by atoms with Gasteiger partial charge in [0.25, 0.3) is 10.0 Å². The largest absolute Gasteiger partial charge is 0.420 e. The minimum absolute atomic E-state index is 0.0942. The predicted octanol–water partition coefficient (Wildman–Crippen LogP) is 3.49. The zero-order chi connectivity index (χ0) is 21.0. The van der Waals surface area contributed by atoms with Gasteiger partial charge < -0.3 is 16.5 Å². The van der Waals surface area contributed by atoms with Crippen molar-refractivity contribution in [2.45, 2.75) is 85.2 Å². The van der Waals surface area contributed by atoms with Crippen LogP contribution in [0.2, 0.25) is 31.2 Å². The highest BCUT2D eigenvalue weighted by Crippen LogP contribution is 2.53. The molecule has 1 fully saturated rings. The lowest BCUT2D eigenvalue weighted by molar-refractivity contribution is 0.174. The molecule has 1 unspecified atom stereocenters. The van der Waals surface area contributed by atoms with Gasteiger partial charge in [0.2, 0.25) is 6.08 Å². The van der Waals surface area contributed by atoms with Crippen LogP contribution in [0.3, 0.4) is 0 Å². The van der Waals surface area contributed by atoms with Crippen LogP contribution in [-0.4, -0.2) is 48.5 Å². The summed E-state index contributed by atoms with van der Waals surface area (Å²) in [7, 11) is -7.93. The first-order valence-corrected chi connectivity index (χ1v) is 18.3. The van der Waals surface area contributed by atoms with Gasteiger partial charge >= 0.3 is 26.4 Å². The minimum atomic E-state index is -2.31. The Bertz CT molecular complexity index is 509. The van der Waals surface area contributed by atoms with Crippen LogP contribution in [0.4, 0.5) is 0 Å². The molecule has 1 atom stereocenters. The number of aliphatic imine (C=N–C) groups is 1. The third kappa shape index (κ3) is 6.55. The normalized spacial score (nSPS) is 25.3. The van der Waals surface area contributed by atoms with Gasteiger partial charge in [-0.3, -0.25) is 0 Å². The molecule has 1 saturated heterocycles. The molecule has 27 heavy (non-hydrogen) atoms. The molecule has 1 heterocycles. The Balaban J connectivity index is 3.46. The van der Waals surface area contributed by atoms with Gasteiger partial charge in [0.05, 0.1) is 6.04 Å². The van der Waals surface area contributed by atoms with Crippen LogP contribution in [0.5, 0.6) is 0 Å². The van der Waals surface area contributed by atoms with Gasteiger partial charge in [0.1, 0.15) is 0 Å². The molecule has 6 nitrogen and oxygen atoms in total. The molecule has 1 rings (SSSR count). The first kappa shape index (κ1) is 25.1. The number of carbonyl (C=O) groups excluding carboxylic acids is 1. The summed E-state index contributed by atoms with van der Waals surface area (Å²) >= 11 is 0. The third-order valence-electron chi connectivity index (χ3n) is 5.73. The lowest BCUT2D eigenvalue weighted by Crippen LogP contribution is -2.60. The molecule has 0 bridgehead atoms. The van der Waals surface area contributed by atoms with Gasteiger partial charge in [-0.25, -0.2) is 9.79 Å². The number of hydrogen-bond donors (Lipinski definition) is 0. The minimum Gasteiger partial charge on any atom is -0.420 e. The van der Waals surface area contributed by atoms with E-state index in [0.29, 0.717) is 11.8 Å². The molecule has 158 valence electrons. The van der Waals surface area contributed by atoms with Crippen molar-refractivity contribution >= 4 is 42.5 Å². The Morgan fingerprint density at radius 1 is 0.963 bits per heavy atom. The van der Waals surface area contributed by atoms with Gasteiger partial charge in [-0.1, -0.05) is 41.5 Å². The Morgan fingerprint density at radius 3 is 1.74 bits per heavy atom. The van der Waals surface area contributed by atoms with Gasteiger partial charge in [0, 0.05) is 5.04 Å². The highest BCUT2D eigenvalue weighted by atomic mass is 28.5. The Morgan fingerprint density at radius 2 is 1.41 bits per heavy atom. The van der Waals surface area contributed by atoms with Gasteiger partial charge in [-0.15, -0.1) is 0 Å². The summed E-state index contributed by atoms with van der Waals surface area (Å²) in [6, 6.07) is -0.0942. The standard InChI is InChI=1S/C17H39NO5Si4/c1-13(2)16(18-12-19)11-17(14(3)4,15(5)6)25-22-26(7,8)20-24-21-27(9,10)23-25/h13-16,25H,11,24H2,1-10H3. The maximum Gasteiger partial charge on any atom is 0.313 e. The van der Waals surface area contributed by atoms with Crippen LogP contribution in [0.15, 0.2) is 4.99 Å². The number of rotatable bonds is 7. The molecule has 0 spiro atoms. The van der Waals surface area contributed by atoms with Crippen molar-refractivity contribution in [1.29, 1.82) is 0 Å². The van der Waals surface area contributed by atoms with E-state index in [0.717, 1.165) is 6.42 Å². The van der Waals surface area contributed by atoms with E-state index >= 15 is 0 Å². The molecule has 0 N–H and O–H groups in total. The summed E-state index contributed by atoms with van der Waals surface area (Å²) in [5, 5.41) is -0.185. The molecular weight excluding hydrogens is 411 g/mol. The van der Waals surface area contributed by atoms with Crippen molar-refractivity contribution in [3.63, 3.8) is 0 Å². The summed E-state index contributed by atoms with van der Waals surface area (Å²) in [6.07, 6.45) is 2.55. The maximum atomic E-state index is 11.1. The Kier molecular flexibility index (Phi) is 9.05. The van der Waals surface area contributed by atoms with Crippen molar-refractivity contribution in [2.75, 3.05) is 0 Å². The first-order chi connectivity index (χ1) is 12.3. The van der Waals surface area contributed by atoms with Crippen molar-refractivity contribution in [3.05, 3.63) is 0 Å². The summed E-state index contributed by atoms with van der Waals surface area (Å²) < 4.78 is 25.7. The van der Waals surface area contributed by atoms with E-state index in [1.807, 2.05) is 0 Å². The van der Waals surface area contributed by atoms with E-state index in [1.54, 1.807) is 6.08 Å². The van der Waals surface area contributed by atoms with Crippen molar-refractivity contribution in [3.8, 4) is 0 Å². The fourth-order valence-electron chi connectivity index (χ4n) is 3.78. The van der Waals surface area contributed by atoms with Crippen LogP contribution < -0.4 is 0 Å². The predicted molar refractivity (Wildman–Crippen MR) is 119 cm³/mol. The first-order valence-electron chi connectivity index (χ1n) is 9.98. The average molecular weight is 450 g/mol. The molecular formula is C17H39NO5Si4.